The van der Waals surface area contributed by atoms with Crippen LogP contribution in [-0.4, -0.2) is 29.3 Å². The van der Waals surface area contributed by atoms with E-state index in [0.29, 0.717) is 13.0 Å². The second kappa shape index (κ2) is 6.87. The molecule has 3 aromatic heterocycles. The smallest absolute Gasteiger partial charge is 0.235 e. The van der Waals surface area contributed by atoms with Crippen LogP contribution in [0.4, 0.5) is 0 Å². The number of H-pyrrole nitrogens is 1. The molecule has 0 unspecified atom stereocenters. The number of nitrogens with one attached hydrogen (secondary N) is 1. The van der Waals surface area contributed by atoms with Gasteiger partial charge in [0, 0.05) is 53.7 Å². The molecule has 3 heterocycles. The molecule has 4 aromatic rings. The number of aromatic nitrogens is 4. The molecular formula is C21H24N4O2. The predicted molar refractivity (Wildman–Crippen MR) is 106 cm³/mol. The van der Waals surface area contributed by atoms with Crippen molar-refractivity contribution < 1.29 is 10.2 Å². The molecule has 0 saturated heterocycles. The van der Waals surface area contributed by atoms with Gasteiger partial charge in [-0.2, -0.15) is 0 Å². The van der Waals surface area contributed by atoms with E-state index in [4.69, 9.17) is 0 Å². The van der Waals surface area contributed by atoms with Gasteiger partial charge in [-0.3, -0.25) is 0 Å². The number of imidazole rings is 1. The van der Waals surface area contributed by atoms with Gasteiger partial charge in [-0.05, 0) is 31.4 Å². The summed E-state index contributed by atoms with van der Waals surface area (Å²) in [5.41, 5.74) is 4.90. The van der Waals surface area contributed by atoms with Crippen LogP contribution in [0.25, 0.3) is 22.2 Å². The van der Waals surface area contributed by atoms with Crippen molar-refractivity contribution in [3.05, 3.63) is 54.2 Å². The molecule has 0 fully saturated rings. The summed E-state index contributed by atoms with van der Waals surface area (Å²) in [6.07, 6.45) is 8.88. The summed E-state index contributed by atoms with van der Waals surface area (Å²) in [7, 11) is 0. The molecule has 0 saturated carbocycles. The maximum Gasteiger partial charge on any atom is 0.235 e. The highest BCUT2D eigenvalue weighted by Gasteiger charge is 2.24. The van der Waals surface area contributed by atoms with Crippen LogP contribution in [0.1, 0.15) is 24.5 Å². The van der Waals surface area contributed by atoms with Gasteiger partial charge < -0.3 is 24.3 Å². The SMILES string of the molecule is CCc1c(O)c(O)n(CCCn2ccnc2)c1-c1c[nH]c2cc(C)ccc12. The average Bonchev–Trinajstić information content (AvgIpc) is 3.36. The Kier molecular flexibility index (Phi) is 4.39. The van der Waals surface area contributed by atoms with E-state index in [1.54, 1.807) is 12.5 Å². The minimum absolute atomic E-state index is 0.0170. The first-order valence-electron chi connectivity index (χ1n) is 9.27. The number of aryl methyl sites for hydroxylation is 2. The number of aromatic hydroxyl groups is 2. The fourth-order valence-corrected chi connectivity index (χ4v) is 3.77. The number of hydrogen-bond acceptors (Lipinski definition) is 3. The van der Waals surface area contributed by atoms with Crippen molar-refractivity contribution in [1.82, 2.24) is 19.1 Å². The zero-order valence-corrected chi connectivity index (χ0v) is 15.6. The maximum atomic E-state index is 10.6. The molecule has 0 atom stereocenters. The van der Waals surface area contributed by atoms with Crippen molar-refractivity contribution in [2.75, 3.05) is 0 Å². The second-order valence-electron chi connectivity index (χ2n) is 6.91. The fraction of sp³-hybridized carbons (Fsp3) is 0.286. The molecule has 1 aromatic carbocycles. The summed E-state index contributed by atoms with van der Waals surface area (Å²) in [5.74, 6) is -0.0782. The lowest BCUT2D eigenvalue weighted by Gasteiger charge is -2.11. The van der Waals surface area contributed by atoms with Crippen molar-refractivity contribution in [2.45, 2.75) is 39.8 Å². The quantitative estimate of drug-likeness (QED) is 0.480. The molecule has 6 heteroatoms. The van der Waals surface area contributed by atoms with Crippen LogP contribution in [0.15, 0.2) is 43.1 Å². The van der Waals surface area contributed by atoms with Gasteiger partial charge in [0.1, 0.15) is 0 Å². The zero-order valence-electron chi connectivity index (χ0n) is 15.6. The molecule has 3 N–H and O–H groups in total. The van der Waals surface area contributed by atoms with Crippen LogP contribution in [0, 0.1) is 6.92 Å². The molecule has 0 aliphatic heterocycles. The Morgan fingerprint density at radius 3 is 2.78 bits per heavy atom. The molecule has 0 aliphatic rings. The largest absolute Gasteiger partial charge is 0.503 e. The van der Waals surface area contributed by atoms with Gasteiger partial charge >= 0.3 is 0 Å². The predicted octanol–water partition coefficient (Wildman–Crippen LogP) is 4.21. The third-order valence-electron chi connectivity index (χ3n) is 5.11. The highest BCUT2D eigenvalue weighted by Crippen LogP contribution is 2.43. The van der Waals surface area contributed by atoms with Crippen molar-refractivity contribution in [3.63, 3.8) is 0 Å². The highest BCUT2D eigenvalue weighted by atomic mass is 16.3. The van der Waals surface area contributed by atoms with Gasteiger partial charge in [-0.15, -0.1) is 0 Å². The number of benzene rings is 1. The lowest BCUT2D eigenvalue weighted by atomic mass is 10.0. The Morgan fingerprint density at radius 2 is 2.04 bits per heavy atom. The number of aromatic amines is 1. The molecule has 0 spiro atoms. The summed E-state index contributed by atoms with van der Waals surface area (Å²) in [6, 6.07) is 6.28. The van der Waals surface area contributed by atoms with E-state index in [-0.39, 0.29) is 11.6 Å². The van der Waals surface area contributed by atoms with Crippen LogP contribution in [0.3, 0.4) is 0 Å². The van der Waals surface area contributed by atoms with Gasteiger partial charge in [-0.1, -0.05) is 19.1 Å². The first-order chi connectivity index (χ1) is 13.1. The first kappa shape index (κ1) is 17.3. The summed E-state index contributed by atoms with van der Waals surface area (Å²) < 4.78 is 3.84. The molecule has 140 valence electrons. The van der Waals surface area contributed by atoms with Gasteiger partial charge in [0.05, 0.1) is 12.0 Å². The van der Waals surface area contributed by atoms with E-state index in [9.17, 15) is 10.2 Å². The minimum Gasteiger partial charge on any atom is -0.503 e. The maximum absolute atomic E-state index is 10.6. The Morgan fingerprint density at radius 1 is 1.19 bits per heavy atom. The standard InChI is InChI=1S/C21H24N4O2/c1-3-15-19(17-12-23-18-11-14(2)5-6-16(17)18)25(21(27)20(15)26)9-4-8-24-10-7-22-13-24/h5-7,10-13,23,26-27H,3-4,8-9H2,1-2H3. The Hall–Kier alpha value is -3.15. The van der Waals surface area contributed by atoms with Crippen LogP contribution in [-0.2, 0) is 19.5 Å². The average molecular weight is 364 g/mol. The van der Waals surface area contributed by atoms with Crippen LogP contribution in [0.5, 0.6) is 11.6 Å². The zero-order chi connectivity index (χ0) is 19.0. The third kappa shape index (κ3) is 2.97. The lowest BCUT2D eigenvalue weighted by Crippen LogP contribution is -2.04. The van der Waals surface area contributed by atoms with E-state index < -0.39 is 0 Å². The number of hydrogen-bond donors (Lipinski definition) is 3. The van der Waals surface area contributed by atoms with Crippen molar-refractivity contribution in [2.24, 2.45) is 0 Å². The van der Waals surface area contributed by atoms with E-state index in [1.165, 1.54) is 5.56 Å². The highest BCUT2D eigenvalue weighted by molar-refractivity contribution is 5.96. The van der Waals surface area contributed by atoms with Gasteiger partial charge in [0.15, 0.2) is 5.75 Å². The van der Waals surface area contributed by atoms with Crippen LogP contribution < -0.4 is 0 Å². The molecular weight excluding hydrogens is 340 g/mol. The molecule has 0 bridgehead atoms. The molecule has 0 aliphatic carbocycles. The molecule has 0 amide bonds. The number of nitrogens with zero attached hydrogens (tertiary/aromatic N) is 3. The van der Waals surface area contributed by atoms with E-state index in [0.717, 1.165) is 40.7 Å². The minimum atomic E-state index is -0.0612. The summed E-state index contributed by atoms with van der Waals surface area (Å²) in [6.45, 7) is 5.46. The van der Waals surface area contributed by atoms with E-state index >= 15 is 0 Å². The normalized spacial score (nSPS) is 11.5. The van der Waals surface area contributed by atoms with Crippen molar-refractivity contribution in [1.29, 1.82) is 0 Å². The van der Waals surface area contributed by atoms with E-state index in [2.05, 4.69) is 35.1 Å². The second-order valence-corrected chi connectivity index (χ2v) is 6.91. The van der Waals surface area contributed by atoms with Crippen molar-refractivity contribution in [3.8, 4) is 22.9 Å². The topological polar surface area (TPSA) is 79.0 Å². The van der Waals surface area contributed by atoms with Crippen LogP contribution >= 0.6 is 0 Å². The lowest BCUT2D eigenvalue weighted by molar-refractivity contribution is 0.367. The summed E-state index contributed by atoms with van der Waals surface area (Å²) >= 11 is 0. The Balaban J connectivity index is 1.77. The van der Waals surface area contributed by atoms with Gasteiger partial charge in [0.25, 0.3) is 0 Å². The molecule has 6 nitrogen and oxygen atoms in total. The van der Waals surface area contributed by atoms with Crippen LogP contribution in [0.2, 0.25) is 0 Å². The monoisotopic (exact) mass is 364 g/mol. The summed E-state index contributed by atoms with van der Waals surface area (Å²) in [4.78, 5) is 7.38. The van der Waals surface area contributed by atoms with Gasteiger partial charge in [-0.25, -0.2) is 4.98 Å². The number of rotatable bonds is 6. The first-order valence-corrected chi connectivity index (χ1v) is 9.27. The van der Waals surface area contributed by atoms with E-state index in [1.807, 2.05) is 28.5 Å². The Bertz CT molecular complexity index is 1070. The molecule has 0 radical (unpaired) electrons. The summed E-state index contributed by atoms with van der Waals surface area (Å²) in [5, 5.41) is 22.2. The molecule has 27 heavy (non-hydrogen) atoms. The molecule has 4 rings (SSSR count). The number of fused-ring (bicyclic) bond motifs is 1. The van der Waals surface area contributed by atoms with Crippen molar-refractivity contribution >= 4 is 10.9 Å². The Labute approximate surface area is 157 Å². The third-order valence-corrected chi connectivity index (χ3v) is 5.11. The fourth-order valence-electron chi connectivity index (χ4n) is 3.77. The van der Waals surface area contributed by atoms with Gasteiger partial charge in [0.2, 0.25) is 5.88 Å².